The summed E-state index contributed by atoms with van der Waals surface area (Å²) in [7, 11) is -2.95. The molecular weight excluding hydrogens is 340 g/mol. The van der Waals surface area contributed by atoms with Gasteiger partial charge in [-0.2, -0.15) is 0 Å². The molecule has 1 spiro atoms. The molecule has 140 valence electrons. The third kappa shape index (κ3) is 3.44. The van der Waals surface area contributed by atoms with Crippen molar-refractivity contribution in [3.05, 3.63) is 0 Å². The zero-order valence-corrected chi connectivity index (χ0v) is 15.6. The Morgan fingerprint density at radius 2 is 1.80 bits per heavy atom. The summed E-state index contributed by atoms with van der Waals surface area (Å²) in [6.45, 7) is 2.95. The highest BCUT2D eigenvalue weighted by Crippen LogP contribution is 2.42. The summed E-state index contributed by atoms with van der Waals surface area (Å²) in [6, 6.07) is 0. The lowest BCUT2D eigenvalue weighted by atomic mass is 9.78. The smallest absolute Gasteiger partial charge is 0.230 e. The van der Waals surface area contributed by atoms with E-state index in [9.17, 15) is 18.0 Å². The lowest BCUT2D eigenvalue weighted by molar-refractivity contribution is -0.146. The minimum atomic E-state index is -2.95. The van der Waals surface area contributed by atoms with Crippen LogP contribution in [0.3, 0.4) is 0 Å². The second-order valence-corrected chi connectivity index (χ2v) is 10.8. The zero-order chi connectivity index (χ0) is 17.7. The standard InChI is InChI=1S/C18H28N2O4S/c21-16(15-4-10-25(23,24)11-5-15)20-9-7-18(13-20)6-1-8-19(17(18)22)12-14-2-3-14/h14-15H,1-13H2. The van der Waals surface area contributed by atoms with Crippen molar-refractivity contribution in [3.63, 3.8) is 0 Å². The van der Waals surface area contributed by atoms with Crippen LogP contribution in [0, 0.1) is 17.3 Å². The van der Waals surface area contributed by atoms with Crippen LogP contribution in [0.25, 0.3) is 0 Å². The fourth-order valence-corrected chi connectivity index (χ4v) is 6.26. The number of nitrogens with zero attached hydrogens (tertiary/aromatic N) is 2. The first-order valence-corrected chi connectivity index (χ1v) is 11.5. The number of hydrogen-bond acceptors (Lipinski definition) is 4. The molecule has 0 bridgehead atoms. The molecule has 1 atom stereocenters. The number of piperidine rings is 1. The van der Waals surface area contributed by atoms with Crippen molar-refractivity contribution in [2.45, 2.75) is 44.9 Å². The molecule has 3 saturated heterocycles. The molecule has 0 aromatic carbocycles. The molecule has 4 aliphatic rings. The van der Waals surface area contributed by atoms with E-state index in [1.54, 1.807) is 0 Å². The number of amides is 2. The van der Waals surface area contributed by atoms with Crippen LogP contribution in [-0.2, 0) is 19.4 Å². The van der Waals surface area contributed by atoms with Gasteiger partial charge in [-0.05, 0) is 50.9 Å². The fraction of sp³-hybridized carbons (Fsp3) is 0.889. The van der Waals surface area contributed by atoms with Crippen LogP contribution in [0.4, 0.5) is 0 Å². The predicted molar refractivity (Wildman–Crippen MR) is 93.5 cm³/mol. The monoisotopic (exact) mass is 368 g/mol. The summed E-state index contributed by atoms with van der Waals surface area (Å²) < 4.78 is 23.2. The van der Waals surface area contributed by atoms with Crippen molar-refractivity contribution in [3.8, 4) is 0 Å². The van der Waals surface area contributed by atoms with Gasteiger partial charge in [0, 0.05) is 32.1 Å². The van der Waals surface area contributed by atoms with Crippen molar-refractivity contribution >= 4 is 21.7 Å². The molecule has 25 heavy (non-hydrogen) atoms. The Morgan fingerprint density at radius 1 is 1.08 bits per heavy atom. The van der Waals surface area contributed by atoms with Gasteiger partial charge in [0.1, 0.15) is 9.84 Å². The van der Waals surface area contributed by atoms with Crippen molar-refractivity contribution in [1.29, 1.82) is 0 Å². The maximum absolute atomic E-state index is 13.1. The summed E-state index contributed by atoms with van der Waals surface area (Å²) in [5.41, 5.74) is -0.371. The van der Waals surface area contributed by atoms with Gasteiger partial charge >= 0.3 is 0 Å². The van der Waals surface area contributed by atoms with E-state index in [1.165, 1.54) is 12.8 Å². The minimum absolute atomic E-state index is 0.0684. The molecule has 0 aromatic heterocycles. The van der Waals surface area contributed by atoms with E-state index in [4.69, 9.17) is 0 Å². The number of carbonyl (C=O) groups is 2. The van der Waals surface area contributed by atoms with Crippen molar-refractivity contribution < 1.29 is 18.0 Å². The summed E-state index contributed by atoms with van der Waals surface area (Å²) >= 11 is 0. The molecule has 4 fully saturated rings. The number of likely N-dealkylation sites (tertiary alicyclic amines) is 2. The van der Waals surface area contributed by atoms with Gasteiger partial charge in [0.15, 0.2) is 0 Å². The van der Waals surface area contributed by atoms with E-state index in [0.29, 0.717) is 31.8 Å². The molecule has 0 aromatic rings. The Hall–Kier alpha value is -1.11. The topological polar surface area (TPSA) is 74.8 Å². The van der Waals surface area contributed by atoms with Gasteiger partial charge in [0.05, 0.1) is 16.9 Å². The Morgan fingerprint density at radius 3 is 2.48 bits per heavy atom. The molecular formula is C18H28N2O4S. The van der Waals surface area contributed by atoms with E-state index in [2.05, 4.69) is 0 Å². The molecule has 7 heteroatoms. The van der Waals surface area contributed by atoms with Gasteiger partial charge in [-0.25, -0.2) is 8.42 Å². The Kier molecular flexibility index (Phi) is 4.33. The molecule has 0 radical (unpaired) electrons. The second-order valence-electron chi connectivity index (χ2n) is 8.51. The molecule has 1 aliphatic carbocycles. The molecule has 3 heterocycles. The molecule has 0 N–H and O–H groups in total. The second kappa shape index (κ2) is 6.25. The van der Waals surface area contributed by atoms with E-state index in [0.717, 1.165) is 32.4 Å². The third-order valence-electron chi connectivity index (χ3n) is 6.57. The lowest BCUT2D eigenvalue weighted by Gasteiger charge is -2.39. The number of sulfone groups is 1. The first kappa shape index (κ1) is 17.3. The lowest BCUT2D eigenvalue weighted by Crippen LogP contribution is -2.51. The SMILES string of the molecule is O=C(C1CCS(=O)(=O)CC1)N1CCC2(CCCN(CC3CC3)C2=O)C1. The molecule has 2 amide bonds. The van der Waals surface area contributed by atoms with Crippen LogP contribution >= 0.6 is 0 Å². The normalized spacial score (nSPS) is 33.2. The van der Waals surface area contributed by atoms with Crippen molar-refractivity contribution in [1.82, 2.24) is 9.80 Å². The Labute approximate surface area is 149 Å². The zero-order valence-electron chi connectivity index (χ0n) is 14.8. The first-order valence-electron chi connectivity index (χ1n) is 9.67. The summed E-state index contributed by atoms with van der Waals surface area (Å²) in [5, 5.41) is 0. The van der Waals surface area contributed by atoms with E-state index < -0.39 is 9.84 Å². The van der Waals surface area contributed by atoms with E-state index in [1.807, 2.05) is 9.80 Å². The van der Waals surface area contributed by atoms with Gasteiger partial charge in [-0.15, -0.1) is 0 Å². The maximum Gasteiger partial charge on any atom is 0.230 e. The number of carbonyl (C=O) groups excluding carboxylic acids is 2. The Balaban J connectivity index is 1.39. The first-order chi connectivity index (χ1) is 11.9. The van der Waals surface area contributed by atoms with Crippen LogP contribution in [-0.4, -0.2) is 67.7 Å². The third-order valence-corrected chi connectivity index (χ3v) is 8.28. The van der Waals surface area contributed by atoms with Crippen LogP contribution in [0.1, 0.15) is 44.9 Å². The minimum Gasteiger partial charge on any atom is -0.342 e. The molecule has 3 aliphatic heterocycles. The number of hydrogen-bond donors (Lipinski definition) is 0. The molecule has 4 rings (SSSR count). The van der Waals surface area contributed by atoms with Crippen LogP contribution < -0.4 is 0 Å². The molecule has 6 nitrogen and oxygen atoms in total. The van der Waals surface area contributed by atoms with Gasteiger partial charge < -0.3 is 9.80 Å². The molecule has 1 unspecified atom stereocenters. The van der Waals surface area contributed by atoms with Crippen molar-refractivity contribution in [2.24, 2.45) is 17.3 Å². The highest BCUT2D eigenvalue weighted by atomic mass is 32.2. The van der Waals surface area contributed by atoms with Crippen LogP contribution in [0.5, 0.6) is 0 Å². The maximum atomic E-state index is 13.1. The largest absolute Gasteiger partial charge is 0.342 e. The average Bonchev–Trinajstić information content (AvgIpc) is 3.29. The summed E-state index contributed by atoms with van der Waals surface area (Å²) in [6.07, 6.45) is 6.04. The van der Waals surface area contributed by atoms with Gasteiger partial charge in [0.2, 0.25) is 11.8 Å². The summed E-state index contributed by atoms with van der Waals surface area (Å²) in [4.78, 5) is 29.8. The highest BCUT2D eigenvalue weighted by Gasteiger charge is 2.50. The fourth-order valence-electron chi connectivity index (χ4n) is 4.77. The van der Waals surface area contributed by atoms with E-state index in [-0.39, 0.29) is 34.7 Å². The number of rotatable bonds is 3. The molecule has 1 saturated carbocycles. The van der Waals surface area contributed by atoms with E-state index >= 15 is 0 Å². The van der Waals surface area contributed by atoms with Gasteiger partial charge in [-0.3, -0.25) is 9.59 Å². The van der Waals surface area contributed by atoms with Gasteiger partial charge in [-0.1, -0.05) is 0 Å². The average molecular weight is 368 g/mol. The Bertz CT molecular complexity index is 659. The van der Waals surface area contributed by atoms with Crippen LogP contribution in [0.15, 0.2) is 0 Å². The highest BCUT2D eigenvalue weighted by molar-refractivity contribution is 7.91. The van der Waals surface area contributed by atoms with Crippen molar-refractivity contribution in [2.75, 3.05) is 37.7 Å². The van der Waals surface area contributed by atoms with Gasteiger partial charge in [0.25, 0.3) is 0 Å². The van der Waals surface area contributed by atoms with Crippen LogP contribution in [0.2, 0.25) is 0 Å². The summed E-state index contributed by atoms with van der Waals surface area (Å²) in [5.74, 6) is 1.08. The quantitative estimate of drug-likeness (QED) is 0.747. The predicted octanol–water partition coefficient (Wildman–Crippen LogP) is 1.06.